The van der Waals surface area contributed by atoms with Gasteiger partial charge < -0.3 is 15.4 Å². The number of para-hydroxylation sites is 2. The average Bonchev–Trinajstić information content (AvgIpc) is 2.56. The predicted molar refractivity (Wildman–Crippen MR) is 89.3 cm³/mol. The molecule has 0 spiro atoms. The van der Waals surface area contributed by atoms with Gasteiger partial charge in [-0.1, -0.05) is 50.2 Å². The number of ether oxygens (including phenoxy) is 1. The highest BCUT2D eigenvalue weighted by Crippen LogP contribution is 2.22. The van der Waals surface area contributed by atoms with Crippen LogP contribution in [0, 0.1) is 0 Å². The van der Waals surface area contributed by atoms with E-state index < -0.39 is 0 Å². The second kappa shape index (κ2) is 8.08. The zero-order valence-electron chi connectivity index (χ0n) is 13.1. The Labute approximate surface area is 131 Å². The molecule has 22 heavy (non-hydrogen) atoms. The summed E-state index contributed by atoms with van der Waals surface area (Å²) in [5.74, 6) is 0.728. The van der Waals surface area contributed by atoms with Crippen LogP contribution in [-0.2, 0) is 12.8 Å². The van der Waals surface area contributed by atoms with E-state index in [1.54, 1.807) is 0 Å². The Bertz CT molecular complexity index is 589. The summed E-state index contributed by atoms with van der Waals surface area (Å²) in [5.41, 5.74) is 3.18. The molecule has 2 aromatic carbocycles. The van der Waals surface area contributed by atoms with E-state index in [1.165, 1.54) is 0 Å². The van der Waals surface area contributed by atoms with Crippen molar-refractivity contribution in [3.63, 3.8) is 0 Å². The predicted octanol–water partition coefficient (Wildman–Crippen LogP) is 3.97. The molecular formula is C18H22N2O2. The molecule has 0 saturated carbocycles. The van der Waals surface area contributed by atoms with Gasteiger partial charge in [-0.25, -0.2) is 4.79 Å². The first-order chi connectivity index (χ1) is 10.7. The molecule has 2 N–H and O–H groups in total. The summed E-state index contributed by atoms with van der Waals surface area (Å²) in [6, 6.07) is 15.2. The van der Waals surface area contributed by atoms with E-state index in [4.69, 9.17) is 4.74 Å². The second-order valence-electron chi connectivity index (χ2n) is 4.89. The Morgan fingerprint density at radius 2 is 1.59 bits per heavy atom. The topological polar surface area (TPSA) is 50.4 Å². The third kappa shape index (κ3) is 4.25. The fraction of sp³-hybridized carbons (Fsp3) is 0.278. The Morgan fingerprint density at radius 1 is 0.955 bits per heavy atom. The number of urea groups is 1. The van der Waals surface area contributed by atoms with Crippen LogP contribution < -0.4 is 15.4 Å². The maximum Gasteiger partial charge on any atom is 0.321 e. The lowest BCUT2D eigenvalue weighted by atomic mass is 10.0. The summed E-state index contributed by atoms with van der Waals surface area (Å²) in [4.78, 5) is 12.0. The van der Waals surface area contributed by atoms with Gasteiger partial charge in [0.1, 0.15) is 5.75 Å². The minimum Gasteiger partial charge on any atom is -0.473 e. The molecule has 0 aliphatic rings. The average molecular weight is 298 g/mol. The molecule has 0 bridgehead atoms. The van der Waals surface area contributed by atoms with Crippen LogP contribution in [0.4, 0.5) is 10.5 Å². The highest BCUT2D eigenvalue weighted by atomic mass is 16.5. The van der Waals surface area contributed by atoms with Gasteiger partial charge in [-0.05, 0) is 36.1 Å². The summed E-state index contributed by atoms with van der Waals surface area (Å²) in [5, 5.41) is 5.65. The van der Waals surface area contributed by atoms with Gasteiger partial charge in [0.25, 0.3) is 0 Å². The standard InChI is InChI=1S/C18H22N2O2/c1-3-14-9-8-10-15(4-2)17(14)20-18(21)19-13-22-16-11-6-5-7-12-16/h5-12H,3-4,13H2,1-2H3,(H2,19,20,21). The Morgan fingerprint density at radius 3 is 2.18 bits per heavy atom. The van der Waals surface area contributed by atoms with E-state index in [0.29, 0.717) is 0 Å². The van der Waals surface area contributed by atoms with Crippen molar-refractivity contribution >= 4 is 11.7 Å². The van der Waals surface area contributed by atoms with Crippen LogP contribution in [0.5, 0.6) is 5.75 Å². The number of carbonyl (C=O) groups is 1. The zero-order valence-corrected chi connectivity index (χ0v) is 13.1. The molecule has 4 nitrogen and oxygen atoms in total. The van der Waals surface area contributed by atoms with E-state index in [1.807, 2.05) is 48.5 Å². The largest absolute Gasteiger partial charge is 0.473 e. The van der Waals surface area contributed by atoms with Crippen LogP contribution >= 0.6 is 0 Å². The third-order valence-electron chi connectivity index (χ3n) is 3.45. The molecule has 0 aromatic heterocycles. The van der Waals surface area contributed by atoms with Gasteiger partial charge in [-0.2, -0.15) is 0 Å². The number of benzene rings is 2. The van der Waals surface area contributed by atoms with Crippen LogP contribution in [0.1, 0.15) is 25.0 Å². The quantitative estimate of drug-likeness (QED) is 0.793. The first-order valence-electron chi connectivity index (χ1n) is 7.58. The van der Waals surface area contributed by atoms with E-state index in [-0.39, 0.29) is 12.8 Å². The van der Waals surface area contributed by atoms with Crippen molar-refractivity contribution in [1.29, 1.82) is 0 Å². The van der Waals surface area contributed by atoms with E-state index in [9.17, 15) is 4.79 Å². The van der Waals surface area contributed by atoms with Gasteiger partial charge in [-0.15, -0.1) is 0 Å². The number of hydrogen-bond donors (Lipinski definition) is 2. The Balaban J connectivity index is 1.92. The van der Waals surface area contributed by atoms with E-state index in [0.717, 1.165) is 35.4 Å². The van der Waals surface area contributed by atoms with Gasteiger partial charge >= 0.3 is 6.03 Å². The van der Waals surface area contributed by atoms with Crippen molar-refractivity contribution < 1.29 is 9.53 Å². The smallest absolute Gasteiger partial charge is 0.321 e. The molecule has 0 saturated heterocycles. The molecule has 0 aliphatic carbocycles. The van der Waals surface area contributed by atoms with Crippen molar-refractivity contribution in [2.45, 2.75) is 26.7 Å². The van der Waals surface area contributed by atoms with Gasteiger partial charge in [0.15, 0.2) is 6.73 Å². The van der Waals surface area contributed by atoms with Crippen LogP contribution in [0.15, 0.2) is 48.5 Å². The minimum absolute atomic E-state index is 0.131. The number of hydrogen-bond acceptors (Lipinski definition) is 2. The SMILES string of the molecule is CCc1cccc(CC)c1NC(=O)NCOc1ccccc1. The van der Waals surface area contributed by atoms with Crippen LogP contribution in [0.25, 0.3) is 0 Å². The highest BCUT2D eigenvalue weighted by molar-refractivity contribution is 5.91. The number of nitrogens with one attached hydrogen (secondary N) is 2. The maximum atomic E-state index is 12.0. The molecule has 2 amide bonds. The monoisotopic (exact) mass is 298 g/mol. The van der Waals surface area contributed by atoms with Crippen molar-refractivity contribution in [3.8, 4) is 5.75 Å². The minimum atomic E-state index is -0.258. The molecular weight excluding hydrogens is 276 g/mol. The van der Waals surface area contributed by atoms with Crippen LogP contribution in [-0.4, -0.2) is 12.8 Å². The van der Waals surface area contributed by atoms with Crippen LogP contribution in [0.2, 0.25) is 0 Å². The number of amides is 2. The van der Waals surface area contributed by atoms with E-state index in [2.05, 4.69) is 24.5 Å². The number of rotatable bonds is 6. The summed E-state index contributed by atoms with van der Waals surface area (Å²) < 4.78 is 5.46. The van der Waals surface area contributed by atoms with Crippen molar-refractivity contribution in [1.82, 2.24) is 5.32 Å². The van der Waals surface area contributed by atoms with Gasteiger partial charge in [0.05, 0.1) is 0 Å². The molecule has 2 aromatic rings. The Kier molecular flexibility index (Phi) is 5.83. The summed E-state index contributed by atoms with van der Waals surface area (Å²) >= 11 is 0. The number of anilines is 1. The zero-order chi connectivity index (χ0) is 15.8. The van der Waals surface area contributed by atoms with Gasteiger partial charge in [-0.3, -0.25) is 0 Å². The van der Waals surface area contributed by atoms with Gasteiger partial charge in [0, 0.05) is 5.69 Å². The molecule has 0 radical (unpaired) electrons. The van der Waals surface area contributed by atoms with Gasteiger partial charge in [0.2, 0.25) is 0 Å². The lowest BCUT2D eigenvalue weighted by Gasteiger charge is -2.15. The first kappa shape index (κ1) is 15.9. The molecule has 0 atom stereocenters. The summed E-state index contributed by atoms with van der Waals surface area (Å²) in [6.07, 6.45) is 1.76. The third-order valence-corrected chi connectivity index (χ3v) is 3.45. The molecule has 0 heterocycles. The molecule has 116 valence electrons. The fourth-order valence-electron chi connectivity index (χ4n) is 2.26. The molecule has 0 fully saturated rings. The first-order valence-corrected chi connectivity index (χ1v) is 7.58. The van der Waals surface area contributed by atoms with Crippen molar-refractivity contribution in [2.75, 3.05) is 12.0 Å². The maximum absolute atomic E-state index is 12.0. The number of aryl methyl sites for hydroxylation is 2. The molecule has 4 heteroatoms. The fourth-order valence-corrected chi connectivity index (χ4v) is 2.26. The summed E-state index contributed by atoms with van der Waals surface area (Å²) in [6.45, 7) is 4.29. The molecule has 0 unspecified atom stereocenters. The summed E-state index contributed by atoms with van der Waals surface area (Å²) in [7, 11) is 0. The Hall–Kier alpha value is -2.49. The van der Waals surface area contributed by atoms with Crippen molar-refractivity contribution in [3.05, 3.63) is 59.7 Å². The van der Waals surface area contributed by atoms with Crippen LogP contribution in [0.3, 0.4) is 0 Å². The normalized spacial score (nSPS) is 10.1. The second-order valence-corrected chi connectivity index (χ2v) is 4.89. The lowest BCUT2D eigenvalue weighted by molar-refractivity contribution is 0.234. The lowest BCUT2D eigenvalue weighted by Crippen LogP contribution is -2.32. The molecule has 0 aliphatic heterocycles. The number of carbonyl (C=O) groups excluding carboxylic acids is 1. The van der Waals surface area contributed by atoms with E-state index >= 15 is 0 Å². The molecule has 2 rings (SSSR count). The highest BCUT2D eigenvalue weighted by Gasteiger charge is 2.09. The van der Waals surface area contributed by atoms with Crippen molar-refractivity contribution in [2.24, 2.45) is 0 Å².